The summed E-state index contributed by atoms with van der Waals surface area (Å²) in [4.78, 5) is 0. The zero-order valence-corrected chi connectivity index (χ0v) is 7.03. The van der Waals surface area contributed by atoms with Crippen molar-refractivity contribution in [1.82, 2.24) is 0 Å². The quantitative estimate of drug-likeness (QED) is 0.380. The van der Waals surface area contributed by atoms with Gasteiger partial charge in [0.1, 0.15) is 23.2 Å². The Bertz CT molecular complexity index is 150. The first-order valence-electron chi connectivity index (χ1n) is 3.35. The molecule has 1 aliphatic rings. The molecular formula is C6H12O4S. The molecule has 0 aromatic carbocycles. The SMILES string of the molecule is CC1(O)C(CO)OC(S)C1O. The molecule has 0 bridgehead atoms. The molecule has 66 valence electrons. The number of aliphatic hydroxyl groups excluding tert-OH is 2. The third-order valence-corrected chi connectivity index (χ3v) is 2.39. The summed E-state index contributed by atoms with van der Waals surface area (Å²) in [6.07, 6.45) is -1.80. The Morgan fingerprint density at radius 1 is 1.64 bits per heavy atom. The van der Waals surface area contributed by atoms with E-state index in [1.54, 1.807) is 0 Å². The van der Waals surface area contributed by atoms with E-state index >= 15 is 0 Å². The molecule has 1 saturated heterocycles. The monoisotopic (exact) mass is 180 g/mol. The Labute approximate surface area is 70.2 Å². The minimum atomic E-state index is -1.40. The maximum absolute atomic E-state index is 9.51. The molecule has 3 N–H and O–H groups in total. The van der Waals surface area contributed by atoms with Crippen molar-refractivity contribution in [3.63, 3.8) is 0 Å². The lowest BCUT2D eigenvalue weighted by molar-refractivity contribution is -0.0789. The Hall–Kier alpha value is 0.190. The largest absolute Gasteiger partial charge is 0.394 e. The minimum absolute atomic E-state index is 0.318. The highest BCUT2D eigenvalue weighted by molar-refractivity contribution is 7.80. The van der Waals surface area contributed by atoms with E-state index in [1.807, 2.05) is 0 Å². The summed E-state index contributed by atoms with van der Waals surface area (Å²) in [5.41, 5.74) is -2.12. The molecule has 0 amide bonds. The molecule has 5 heteroatoms. The standard InChI is InChI=1S/C6H12O4S/c1-6(9)3(2-7)10-5(11)4(6)8/h3-5,7-9,11H,2H2,1H3. The van der Waals surface area contributed by atoms with Crippen LogP contribution in [-0.2, 0) is 4.74 Å². The summed E-state index contributed by atoms with van der Waals surface area (Å²) < 4.78 is 4.95. The van der Waals surface area contributed by atoms with E-state index in [9.17, 15) is 10.2 Å². The Morgan fingerprint density at radius 2 is 2.18 bits per heavy atom. The van der Waals surface area contributed by atoms with Gasteiger partial charge in [-0.25, -0.2) is 0 Å². The molecule has 0 aromatic rings. The highest BCUT2D eigenvalue weighted by Crippen LogP contribution is 2.31. The molecular weight excluding hydrogens is 168 g/mol. The van der Waals surface area contributed by atoms with Gasteiger partial charge in [-0.05, 0) is 6.92 Å². The van der Waals surface area contributed by atoms with Crippen molar-refractivity contribution in [2.24, 2.45) is 0 Å². The third kappa shape index (κ3) is 1.39. The second kappa shape index (κ2) is 2.91. The number of rotatable bonds is 1. The van der Waals surface area contributed by atoms with Crippen LogP contribution in [0.2, 0.25) is 0 Å². The third-order valence-electron chi connectivity index (χ3n) is 1.99. The summed E-state index contributed by atoms with van der Waals surface area (Å²) in [5.74, 6) is 0. The van der Waals surface area contributed by atoms with Gasteiger partial charge in [0.15, 0.2) is 0 Å². The summed E-state index contributed by atoms with van der Waals surface area (Å²) in [6, 6.07) is 0. The second-order valence-electron chi connectivity index (χ2n) is 2.87. The van der Waals surface area contributed by atoms with Gasteiger partial charge in [0.05, 0.1) is 6.61 Å². The number of thiol groups is 1. The predicted molar refractivity (Wildman–Crippen MR) is 41.4 cm³/mol. The van der Waals surface area contributed by atoms with Crippen LogP contribution in [-0.4, -0.2) is 45.2 Å². The first kappa shape index (κ1) is 9.28. The average molecular weight is 180 g/mol. The Morgan fingerprint density at radius 3 is 2.36 bits per heavy atom. The van der Waals surface area contributed by atoms with Crippen molar-refractivity contribution >= 4 is 12.6 Å². The maximum atomic E-state index is 9.51. The maximum Gasteiger partial charge on any atom is 0.129 e. The second-order valence-corrected chi connectivity index (χ2v) is 3.38. The molecule has 1 rings (SSSR count). The topological polar surface area (TPSA) is 69.9 Å². The van der Waals surface area contributed by atoms with Crippen molar-refractivity contribution < 1.29 is 20.1 Å². The summed E-state index contributed by atoms with van der Waals surface area (Å²) in [6.45, 7) is 1.09. The molecule has 4 unspecified atom stereocenters. The molecule has 0 aliphatic carbocycles. The van der Waals surface area contributed by atoms with Gasteiger partial charge >= 0.3 is 0 Å². The van der Waals surface area contributed by atoms with Crippen molar-refractivity contribution in [3.05, 3.63) is 0 Å². The van der Waals surface area contributed by atoms with Crippen LogP contribution in [0.5, 0.6) is 0 Å². The first-order chi connectivity index (χ1) is 5.00. The van der Waals surface area contributed by atoms with Crippen LogP contribution in [0.1, 0.15) is 6.92 Å². The Kier molecular flexibility index (Phi) is 2.46. The van der Waals surface area contributed by atoms with Gasteiger partial charge in [-0.15, -0.1) is 12.6 Å². The van der Waals surface area contributed by atoms with Crippen LogP contribution < -0.4 is 0 Å². The van der Waals surface area contributed by atoms with E-state index in [4.69, 9.17) is 9.84 Å². The molecule has 1 aliphatic heterocycles. The van der Waals surface area contributed by atoms with Crippen LogP contribution in [0.15, 0.2) is 0 Å². The highest BCUT2D eigenvalue weighted by Gasteiger charge is 2.50. The van der Waals surface area contributed by atoms with Crippen LogP contribution in [0.25, 0.3) is 0 Å². The van der Waals surface area contributed by atoms with Gasteiger partial charge in [-0.3, -0.25) is 0 Å². The van der Waals surface area contributed by atoms with Crippen LogP contribution in [0.4, 0.5) is 0 Å². The summed E-state index contributed by atoms with van der Waals surface area (Å²) in [5, 5.41) is 27.5. The summed E-state index contributed by atoms with van der Waals surface area (Å²) >= 11 is 3.87. The highest BCUT2D eigenvalue weighted by atomic mass is 32.1. The van der Waals surface area contributed by atoms with Crippen LogP contribution in [0, 0.1) is 0 Å². The van der Waals surface area contributed by atoms with Crippen molar-refractivity contribution in [1.29, 1.82) is 0 Å². The fourth-order valence-electron chi connectivity index (χ4n) is 1.09. The van der Waals surface area contributed by atoms with E-state index < -0.39 is 23.2 Å². The van der Waals surface area contributed by atoms with Gasteiger partial charge in [0.25, 0.3) is 0 Å². The smallest absolute Gasteiger partial charge is 0.129 e. The van der Waals surface area contributed by atoms with Gasteiger partial charge in [-0.2, -0.15) is 0 Å². The van der Waals surface area contributed by atoms with Gasteiger partial charge < -0.3 is 20.1 Å². The fourth-order valence-corrected chi connectivity index (χ4v) is 1.54. The van der Waals surface area contributed by atoms with E-state index in [2.05, 4.69) is 12.6 Å². The lowest BCUT2D eigenvalue weighted by Gasteiger charge is -2.24. The van der Waals surface area contributed by atoms with E-state index in [-0.39, 0.29) is 6.61 Å². The van der Waals surface area contributed by atoms with Crippen molar-refractivity contribution in [3.8, 4) is 0 Å². The average Bonchev–Trinajstić information content (AvgIpc) is 2.13. The normalized spacial score (nSPS) is 51.5. The molecule has 4 atom stereocenters. The number of aliphatic hydroxyl groups is 3. The lowest BCUT2D eigenvalue weighted by atomic mass is 9.96. The van der Waals surface area contributed by atoms with Crippen LogP contribution in [0.3, 0.4) is 0 Å². The molecule has 0 spiro atoms. The van der Waals surface area contributed by atoms with Gasteiger partial charge in [0, 0.05) is 0 Å². The van der Waals surface area contributed by atoms with E-state index in [0.29, 0.717) is 0 Å². The molecule has 0 radical (unpaired) electrons. The number of hydrogen-bond acceptors (Lipinski definition) is 5. The zero-order valence-electron chi connectivity index (χ0n) is 6.14. The molecule has 11 heavy (non-hydrogen) atoms. The first-order valence-corrected chi connectivity index (χ1v) is 3.86. The van der Waals surface area contributed by atoms with Crippen LogP contribution >= 0.6 is 12.6 Å². The van der Waals surface area contributed by atoms with Gasteiger partial charge in [-0.1, -0.05) is 0 Å². The van der Waals surface area contributed by atoms with E-state index in [1.165, 1.54) is 6.92 Å². The lowest BCUT2D eigenvalue weighted by Crippen LogP contribution is -2.46. The van der Waals surface area contributed by atoms with Crippen molar-refractivity contribution in [2.45, 2.75) is 30.2 Å². The number of ether oxygens (including phenoxy) is 1. The van der Waals surface area contributed by atoms with Crippen molar-refractivity contribution in [2.75, 3.05) is 6.61 Å². The zero-order chi connectivity index (χ0) is 8.65. The summed E-state index contributed by atoms with van der Waals surface area (Å²) in [7, 11) is 0. The van der Waals surface area contributed by atoms with E-state index in [0.717, 1.165) is 0 Å². The predicted octanol–water partition coefficient (Wildman–Crippen LogP) is -1.25. The van der Waals surface area contributed by atoms with Gasteiger partial charge in [0.2, 0.25) is 0 Å². The number of hydrogen-bond donors (Lipinski definition) is 4. The molecule has 1 fully saturated rings. The molecule has 1 heterocycles. The fraction of sp³-hybridized carbons (Fsp3) is 1.00. The molecule has 0 saturated carbocycles. The molecule has 4 nitrogen and oxygen atoms in total. The molecule has 0 aromatic heterocycles. The Balaban J connectivity index is 2.74. The minimum Gasteiger partial charge on any atom is -0.394 e.